The molecule has 2 spiro atoms. The van der Waals surface area contributed by atoms with Gasteiger partial charge in [0, 0.05) is 42.0 Å². The Morgan fingerprint density at radius 1 is 1.05 bits per heavy atom. The van der Waals surface area contributed by atoms with Crippen molar-refractivity contribution in [3.8, 4) is 11.5 Å². The van der Waals surface area contributed by atoms with Crippen molar-refractivity contribution in [3.63, 3.8) is 0 Å². The maximum atomic E-state index is 11.1. The van der Waals surface area contributed by atoms with Gasteiger partial charge in [-0.2, -0.15) is 0 Å². The molecule has 5 aliphatic carbocycles. The summed E-state index contributed by atoms with van der Waals surface area (Å²) in [4.78, 5) is 2.88. The second kappa shape index (κ2) is 7.50. The van der Waals surface area contributed by atoms with Crippen LogP contribution in [0.15, 0.2) is 12.1 Å². The van der Waals surface area contributed by atoms with E-state index >= 15 is 0 Å². The number of rotatable bonds is 5. The Kier molecular flexibility index (Phi) is 5.06. The largest absolute Gasteiger partial charge is 0.504 e. The molecule has 7 aliphatic rings. The van der Waals surface area contributed by atoms with E-state index in [0.29, 0.717) is 11.8 Å². The summed E-state index contributed by atoms with van der Waals surface area (Å²) in [7, 11) is 1.91. The van der Waals surface area contributed by atoms with E-state index in [1.54, 1.807) is 0 Å². The molecule has 38 heavy (non-hydrogen) atoms. The summed E-state index contributed by atoms with van der Waals surface area (Å²) in [5, 5.41) is 11.1. The monoisotopic (exact) mass is 523 g/mol. The van der Waals surface area contributed by atoms with Gasteiger partial charge in [0.05, 0.1) is 11.2 Å². The lowest BCUT2D eigenvalue weighted by atomic mass is 9.33. The first kappa shape index (κ1) is 25.7. The van der Waals surface area contributed by atoms with Crippen LogP contribution in [0.3, 0.4) is 0 Å². The van der Waals surface area contributed by atoms with E-state index in [-0.39, 0.29) is 33.9 Å². The second-order valence-electron chi connectivity index (χ2n) is 16.0. The fourth-order valence-electron chi connectivity index (χ4n) is 10.4. The average molecular weight is 524 g/mol. The number of fused-ring (bicyclic) bond motifs is 2. The van der Waals surface area contributed by atoms with Crippen LogP contribution in [0.25, 0.3) is 0 Å². The molecule has 3 unspecified atom stereocenters. The number of ether oxygens (including phenoxy) is 3. The average Bonchev–Trinajstić information content (AvgIpc) is 3.57. The highest BCUT2D eigenvalue weighted by atomic mass is 16.6. The molecule has 8 rings (SSSR count). The summed E-state index contributed by atoms with van der Waals surface area (Å²) in [6.07, 6.45) is 8.05. The minimum absolute atomic E-state index is 0.0928. The van der Waals surface area contributed by atoms with Gasteiger partial charge in [-0.15, -0.1) is 0 Å². The van der Waals surface area contributed by atoms with Crippen molar-refractivity contribution in [1.29, 1.82) is 0 Å². The summed E-state index contributed by atoms with van der Waals surface area (Å²) in [6, 6.07) is 4.58. The van der Waals surface area contributed by atoms with Gasteiger partial charge in [-0.25, -0.2) is 0 Å². The van der Waals surface area contributed by atoms with E-state index in [4.69, 9.17) is 14.2 Å². The normalized spacial score (nSPS) is 41.0. The Balaban J connectivity index is 1.46. The molecule has 4 bridgehead atoms. The summed E-state index contributed by atoms with van der Waals surface area (Å²) in [5.74, 6) is 2.10. The van der Waals surface area contributed by atoms with Gasteiger partial charge in [-0.1, -0.05) is 26.8 Å². The van der Waals surface area contributed by atoms with Crippen molar-refractivity contribution in [2.45, 2.75) is 128 Å². The van der Waals surface area contributed by atoms with Crippen molar-refractivity contribution in [1.82, 2.24) is 4.90 Å². The van der Waals surface area contributed by atoms with E-state index in [9.17, 15) is 5.11 Å². The van der Waals surface area contributed by atoms with Crippen molar-refractivity contribution in [2.75, 3.05) is 20.2 Å². The Morgan fingerprint density at radius 2 is 1.79 bits per heavy atom. The number of phenolic OH excluding ortho intramolecular Hbond substituents is 1. The van der Waals surface area contributed by atoms with Crippen LogP contribution >= 0.6 is 0 Å². The molecule has 5 nitrogen and oxygen atoms in total. The van der Waals surface area contributed by atoms with Crippen LogP contribution in [0.4, 0.5) is 0 Å². The molecule has 2 heterocycles. The summed E-state index contributed by atoms with van der Waals surface area (Å²) < 4.78 is 21.1. The molecule has 5 fully saturated rings. The first-order valence-corrected chi connectivity index (χ1v) is 15.2. The van der Waals surface area contributed by atoms with Crippen LogP contribution in [-0.2, 0) is 21.3 Å². The number of phenols is 1. The molecule has 1 aromatic rings. The zero-order valence-corrected chi connectivity index (χ0v) is 24.9. The maximum absolute atomic E-state index is 11.1. The standard InChI is InChI=1S/C33H49NO4/c1-28(2,3)30(7,38-29(4,5)6)23-18-31-13-14-33(23,36-8)27-32(31)15-16-34(19-20-9-10-20)24(31)17-21-11-12-22(35)26(37-27)25(21)32/h11-12,20,23-24,27,35H,9-10,13-19H2,1-8H3/t23-,24-,27?,30+,31?,32?,33+/m1/s1. The fourth-order valence-corrected chi connectivity index (χ4v) is 10.4. The van der Waals surface area contributed by atoms with Gasteiger partial charge >= 0.3 is 0 Å². The Labute approximate surface area is 229 Å². The quantitative estimate of drug-likeness (QED) is 0.495. The van der Waals surface area contributed by atoms with Gasteiger partial charge in [0.25, 0.3) is 0 Å². The molecule has 0 amide bonds. The van der Waals surface area contributed by atoms with E-state index in [1.165, 1.54) is 30.5 Å². The fraction of sp³-hybridized carbons (Fsp3) is 0.818. The smallest absolute Gasteiger partial charge is 0.165 e. The molecular weight excluding hydrogens is 474 g/mol. The lowest BCUT2D eigenvalue weighted by Gasteiger charge is -2.76. The third-order valence-corrected chi connectivity index (χ3v) is 12.3. The molecule has 0 aromatic heterocycles. The van der Waals surface area contributed by atoms with E-state index in [0.717, 1.165) is 50.3 Å². The van der Waals surface area contributed by atoms with E-state index in [2.05, 4.69) is 59.4 Å². The van der Waals surface area contributed by atoms with Crippen molar-refractivity contribution in [2.24, 2.45) is 22.7 Å². The van der Waals surface area contributed by atoms with Crippen LogP contribution in [0.2, 0.25) is 0 Å². The Hall–Kier alpha value is -1.30. The molecule has 1 aromatic carbocycles. The predicted molar refractivity (Wildman–Crippen MR) is 149 cm³/mol. The van der Waals surface area contributed by atoms with E-state index < -0.39 is 11.2 Å². The zero-order chi connectivity index (χ0) is 27.1. The number of methoxy groups -OCH3 is 1. The number of hydrogen-bond acceptors (Lipinski definition) is 5. The number of aromatic hydroxyl groups is 1. The molecule has 4 saturated carbocycles. The minimum Gasteiger partial charge on any atom is -0.504 e. The van der Waals surface area contributed by atoms with E-state index in [1.807, 2.05) is 13.2 Å². The summed E-state index contributed by atoms with van der Waals surface area (Å²) >= 11 is 0. The van der Waals surface area contributed by atoms with Gasteiger partial charge in [0.15, 0.2) is 11.5 Å². The van der Waals surface area contributed by atoms with Crippen LogP contribution in [0.5, 0.6) is 11.5 Å². The highest BCUT2D eigenvalue weighted by Crippen LogP contribution is 2.78. The number of benzene rings is 1. The predicted octanol–water partition coefficient (Wildman–Crippen LogP) is 6.24. The summed E-state index contributed by atoms with van der Waals surface area (Å²) in [5.41, 5.74) is 1.43. The van der Waals surface area contributed by atoms with Gasteiger partial charge in [0.2, 0.25) is 0 Å². The molecule has 2 aliphatic heterocycles. The van der Waals surface area contributed by atoms with Crippen LogP contribution in [0.1, 0.15) is 98.1 Å². The van der Waals surface area contributed by atoms with Crippen LogP contribution in [-0.4, -0.2) is 59.2 Å². The lowest BCUT2D eigenvalue weighted by Crippen LogP contribution is -2.83. The molecule has 0 radical (unpaired) electrons. The molecule has 210 valence electrons. The minimum atomic E-state index is -0.474. The SMILES string of the molecule is CO[C@@]12CCC3(C[C@@H]1[C@](C)(OC(C)(C)C)C(C)(C)C)[C@H]1Cc4ccc(O)c5c4C3(CCN1CC1CC1)C2O5. The topological polar surface area (TPSA) is 51.2 Å². The molecule has 7 atom stereocenters. The van der Waals surface area contributed by atoms with Crippen LogP contribution < -0.4 is 4.74 Å². The van der Waals surface area contributed by atoms with Crippen molar-refractivity contribution >= 4 is 0 Å². The maximum Gasteiger partial charge on any atom is 0.165 e. The van der Waals surface area contributed by atoms with Gasteiger partial charge in [0.1, 0.15) is 11.7 Å². The molecule has 1 saturated heterocycles. The molecule has 5 heteroatoms. The van der Waals surface area contributed by atoms with Crippen molar-refractivity contribution in [3.05, 3.63) is 23.3 Å². The second-order valence-corrected chi connectivity index (χ2v) is 16.0. The zero-order valence-electron chi connectivity index (χ0n) is 24.9. The highest BCUT2D eigenvalue weighted by molar-refractivity contribution is 5.63. The number of likely N-dealkylation sites (tertiary alicyclic amines) is 1. The van der Waals surface area contributed by atoms with Crippen LogP contribution in [0, 0.1) is 22.7 Å². The first-order chi connectivity index (χ1) is 17.7. The van der Waals surface area contributed by atoms with Gasteiger partial charge in [-0.05, 0) is 102 Å². The summed E-state index contributed by atoms with van der Waals surface area (Å²) in [6.45, 7) is 18.3. The third kappa shape index (κ3) is 2.94. The van der Waals surface area contributed by atoms with Gasteiger partial charge in [-0.3, -0.25) is 4.90 Å². The Morgan fingerprint density at radius 3 is 2.42 bits per heavy atom. The lowest BCUT2D eigenvalue weighted by molar-refractivity contribution is -0.329. The number of nitrogens with zero attached hydrogens (tertiary/aromatic N) is 1. The molecule has 1 N–H and O–H groups in total. The number of piperidine rings is 1. The number of hydrogen-bond donors (Lipinski definition) is 1. The van der Waals surface area contributed by atoms with Crippen molar-refractivity contribution < 1.29 is 19.3 Å². The van der Waals surface area contributed by atoms with Gasteiger partial charge < -0.3 is 19.3 Å². The first-order valence-electron chi connectivity index (χ1n) is 15.2. The highest BCUT2D eigenvalue weighted by Gasteiger charge is 2.82. The Bertz CT molecular complexity index is 1160. The third-order valence-electron chi connectivity index (χ3n) is 12.3. The molecular formula is C33H49NO4.